The molecule has 284 valence electrons. The minimum Gasteiger partial charge on any atom is -0.490 e. The van der Waals surface area contributed by atoms with Crippen molar-refractivity contribution in [2.75, 3.05) is 58.9 Å². The summed E-state index contributed by atoms with van der Waals surface area (Å²) in [5.74, 6) is 5.40. The number of fused-ring (bicyclic) bond motifs is 1. The van der Waals surface area contributed by atoms with Crippen LogP contribution in [-0.2, 0) is 23.2 Å². The lowest BCUT2D eigenvalue weighted by atomic mass is 10.2. The quantitative estimate of drug-likeness (QED) is 0.0385. The van der Waals surface area contributed by atoms with Crippen LogP contribution in [0.5, 0.6) is 0 Å². The molecule has 0 bridgehead atoms. The highest BCUT2D eigenvalue weighted by Gasteiger charge is 2.39. The van der Waals surface area contributed by atoms with Gasteiger partial charge in [-0.3, -0.25) is 19.1 Å². The SMILES string of the molecule is C=CCOC1=C(COS(C)(C)C(C)(C)C)O[C@@H](n2cc(C#CCOCSSC(C)(C)CNC(=O)C(F)(F)F)c3c(=O)[nH]c(N=CN(C)C)nc32)C1. The summed E-state index contributed by atoms with van der Waals surface area (Å²) in [7, 11) is 4.67. The van der Waals surface area contributed by atoms with Gasteiger partial charge < -0.3 is 28.6 Å². The highest BCUT2D eigenvalue weighted by atomic mass is 33.1. The van der Waals surface area contributed by atoms with Crippen LogP contribution in [0.25, 0.3) is 11.0 Å². The van der Waals surface area contributed by atoms with E-state index in [1.165, 1.54) is 27.9 Å². The Morgan fingerprint density at radius 1 is 1.29 bits per heavy atom. The molecule has 0 aliphatic carbocycles. The van der Waals surface area contributed by atoms with Crippen molar-refractivity contribution >= 4 is 61.1 Å². The molecule has 0 saturated carbocycles. The predicted molar refractivity (Wildman–Crippen MR) is 201 cm³/mol. The molecule has 2 aromatic rings. The third-order valence-electron chi connectivity index (χ3n) is 7.42. The Bertz CT molecular complexity index is 1740. The van der Waals surface area contributed by atoms with E-state index < -0.39 is 38.9 Å². The number of ether oxygens (including phenoxy) is 3. The number of aliphatic imine (C=N–C) groups is 1. The van der Waals surface area contributed by atoms with Crippen molar-refractivity contribution in [1.82, 2.24) is 24.8 Å². The number of aromatic nitrogens is 3. The van der Waals surface area contributed by atoms with Crippen LogP contribution < -0.4 is 10.9 Å². The molecule has 0 spiro atoms. The summed E-state index contributed by atoms with van der Waals surface area (Å²) in [5, 5.41) is 2.15. The Hall–Kier alpha value is -3.24. The number of aromatic amines is 1. The second kappa shape index (κ2) is 17.5. The number of amides is 1. The Morgan fingerprint density at radius 2 is 2.00 bits per heavy atom. The first-order chi connectivity index (χ1) is 23.6. The number of halogens is 3. The molecule has 0 aromatic carbocycles. The fourth-order valence-electron chi connectivity index (χ4n) is 4.04. The molecule has 1 aliphatic rings. The molecule has 1 atom stereocenters. The van der Waals surface area contributed by atoms with Crippen molar-refractivity contribution in [1.29, 1.82) is 0 Å². The van der Waals surface area contributed by atoms with Gasteiger partial charge in [-0.1, -0.05) is 66.9 Å². The molecule has 3 rings (SSSR count). The molecule has 2 aromatic heterocycles. The van der Waals surface area contributed by atoms with Gasteiger partial charge in [0.2, 0.25) is 5.95 Å². The van der Waals surface area contributed by atoms with E-state index in [4.69, 9.17) is 18.4 Å². The average Bonchev–Trinajstić information content (AvgIpc) is 3.60. The molecule has 0 radical (unpaired) electrons. The molecule has 3 heterocycles. The van der Waals surface area contributed by atoms with Crippen LogP contribution in [-0.4, -0.2) is 106 Å². The zero-order chi connectivity index (χ0) is 38.2. The largest absolute Gasteiger partial charge is 0.490 e. The molecule has 51 heavy (non-hydrogen) atoms. The minimum absolute atomic E-state index is 0.0103. The molecule has 0 saturated heterocycles. The van der Waals surface area contributed by atoms with Crippen LogP contribution in [0.4, 0.5) is 19.1 Å². The molecule has 0 fully saturated rings. The number of H-pyrrole nitrogens is 1. The maximum absolute atomic E-state index is 13.4. The third-order valence-corrected chi connectivity index (χ3v) is 14.0. The van der Waals surface area contributed by atoms with E-state index in [9.17, 15) is 22.8 Å². The van der Waals surface area contributed by atoms with Crippen molar-refractivity contribution in [3.05, 3.63) is 46.3 Å². The monoisotopic (exact) mass is 776 g/mol. The smallest absolute Gasteiger partial charge is 0.471 e. The summed E-state index contributed by atoms with van der Waals surface area (Å²) in [6.45, 7) is 13.9. The predicted octanol–water partition coefficient (Wildman–Crippen LogP) is 6.24. The number of carbonyl (C=O) groups is 1. The van der Waals surface area contributed by atoms with Gasteiger partial charge in [0.25, 0.3) is 5.56 Å². The summed E-state index contributed by atoms with van der Waals surface area (Å²) < 4.78 is 62.9. The lowest BCUT2D eigenvalue weighted by Gasteiger charge is -2.43. The van der Waals surface area contributed by atoms with Gasteiger partial charge >= 0.3 is 12.1 Å². The van der Waals surface area contributed by atoms with Crippen molar-refractivity contribution in [3.63, 3.8) is 0 Å². The number of carbonyl (C=O) groups excluding carboxylic acids is 1. The number of hydrogen-bond acceptors (Lipinski definition) is 10. The van der Waals surface area contributed by atoms with E-state index in [2.05, 4.69) is 66.7 Å². The van der Waals surface area contributed by atoms with Gasteiger partial charge in [-0.25, -0.2) is 4.99 Å². The summed E-state index contributed by atoms with van der Waals surface area (Å²) in [6, 6.07) is 0. The summed E-state index contributed by atoms with van der Waals surface area (Å²) in [5.41, 5.74) is 0.279. The number of hydrogen-bond donors (Lipinski definition) is 2. The van der Waals surface area contributed by atoms with Crippen molar-refractivity contribution in [2.45, 2.75) is 62.9 Å². The molecule has 1 amide bonds. The fraction of sp³-hybridized carbons (Fsp3) is 0.576. The van der Waals surface area contributed by atoms with E-state index >= 15 is 0 Å². The van der Waals surface area contributed by atoms with Gasteiger partial charge in [0.1, 0.15) is 36.9 Å². The van der Waals surface area contributed by atoms with E-state index in [1.54, 1.807) is 49.7 Å². The third kappa shape index (κ3) is 12.2. The van der Waals surface area contributed by atoms with Gasteiger partial charge in [0.05, 0.1) is 18.3 Å². The number of alkyl halides is 3. The highest BCUT2D eigenvalue weighted by Crippen LogP contribution is 2.54. The number of rotatable bonds is 16. The van der Waals surface area contributed by atoms with Crippen molar-refractivity contribution in [2.24, 2.45) is 4.99 Å². The van der Waals surface area contributed by atoms with Crippen molar-refractivity contribution < 1.29 is 36.4 Å². The number of nitrogens with zero attached hydrogens (tertiary/aromatic N) is 4. The molecule has 12 nitrogen and oxygen atoms in total. The Balaban J connectivity index is 1.81. The molecular formula is C33H47F3N6O6S3. The molecule has 1 aliphatic heterocycles. The zero-order valence-corrected chi connectivity index (χ0v) is 32.8. The normalized spacial score (nSPS) is 15.9. The van der Waals surface area contributed by atoms with Crippen LogP contribution >= 0.6 is 31.9 Å². The first-order valence-electron chi connectivity index (χ1n) is 15.7. The first-order valence-corrected chi connectivity index (χ1v) is 20.4. The van der Waals surface area contributed by atoms with Gasteiger partial charge in [-0.05, 0) is 26.4 Å². The topological polar surface area (TPSA) is 132 Å². The molecule has 0 unspecified atom stereocenters. The minimum atomic E-state index is -4.93. The van der Waals surface area contributed by atoms with E-state index in [0.717, 1.165) is 0 Å². The Kier molecular flexibility index (Phi) is 14.5. The summed E-state index contributed by atoms with van der Waals surface area (Å²) in [6.07, 6.45) is 3.86. The van der Waals surface area contributed by atoms with Crippen LogP contribution in [0.1, 0.15) is 52.8 Å². The van der Waals surface area contributed by atoms with E-state index in [-0.39, 0.29) is 48.4 Å². The van der Waals surface area contributed by atoms with E-state index in [1.807, 2.05) is 5.32 Å². The van der Waals surface area contributed by atoms with Crippen LogP contribution in [0, 0.1) is 11.8 Å². The average molecular weight is 777 g/mol. The van der Waals surface area contributed by atoms with E-state index in [0.29, 0.717) is 29.1 Å². The number of nitrogens with one attached hydrogen (secondary N) is 2. The lowest BCUT2D eigenvalue weighted by Crippen LogP contribution is -2.42. The lowest BCUT2D eigenvalue weighted by molar-refractivity contribution is -0.173. The maximum Gasteiger partial charge on any atom is 0.471 e. The van der Waals surface area contributed by atoms with Gasteiger partial charge in [0.15, 0.2) is 17.6 Å². The second-order valence-corrected chi connectivity index (χ2v) is 20.4. The maximum atomic E-state index is 13.4. The van der Waals surface area contributed by atoms with Crippen LogP contribution in [0.15, 0.2) is 40.2 Å². The zero-order valence-electron chi connectivity index (χ0n) is 30.4. The molecule has 2 N–H and O–H groups in total. The Labute approximate surface area is 306 Å². The summed E-state index contributed by atoms with van der Waals surface area (Å²) in [4.78, 5) is 37.9. The first kappa shape index (κ1) is 42.2. The van der Waals surface area contributed by atoms with Crippen LogP contribution in [0.2, 0.25) is 0 Å². The Morgan fingerprint density at radius 3 is 2.63 bits per heavy atom. The van der Waals surface area contributed by atoms with Gasteiger partial charge in [-0.2, -0.15) is 18.2 Å². The highest BCUT2D eigenvalue weighted by molar-refractivity contribution is 8.77. The van der Waals surface area contributed by atoms with Gasteiger partial charge in [0, 0.05) is 36.3 Å². The van der Waals surface area contributed by atoms with Crippen LogP contribution in [0.3, 0.4) is 0 Å². The standard InChI is InChI=1S/C33H47F3N6O6S3/c1-11-14-46-23-16-25(48-24(23)18-47-51(9,10)31(2,3)4)42-17-22(26-27(42)39-30(40-28(26)43)38-20-41(7)8)13-12-15-45-21-49-50-32(5,6)19-37-29(44)33(34,35)36/h11,17,20,25H,1,14-16,18-19,21H2,2-10H3,(H,37,44)(H,39,40,43)/t25-/m1/s1. The summed E-state index contributed by atoms with van der Waals surface area (Å²) >= 11 is 0. The molecular weight excluding hydrogens is 730 g/mol. The fourth-order valence-corrected chi connectivity index (χ4v) is 6.93. The molecule has 18 heteroatoms. The van der Waals surface area contributed by atoms with Gasteiger partial charge in [-0.15, -0.1) is 10.3 Å². The van der Waals surface area contributed by atoms with Crippen molar-refractivity contribution in [3.8, 4) is 11.8 Å². The second-order valence-electron chi connectivity index (χ2n) is 13.5.